The predicted molar refractivity (Wildman–Crippen MR) is 177 cm³/mol. The summed E-state index contributed by atoms with van der Waals surface area (Å²) in [5.74, 6) is 1.70. The summed E-state index contributed by atoms with van der Waals surface area (Å²) in [6.07, 6.45) is 5.05. The number of para-hydroxylation sites is 1. The Balaban J connectivity index is 1.02. The number of pyridine rings is 2. The second-order valence-corrected chi connectivity index (χ2v) is 13.4. The third kappa shape index (κ3) is 6.76. The van der Waals surface area contributed by atoms with Crippen molar-refractivity contribution in [1.29, 1.82) is 0 Å². The van der Waals surface area contributed by atoms with Crippen LogP contribution in [0.15, 0.2) is 72.9 Å². The van der Waals surface area contributed by atoms with Gasteiger partial charge in [0.2, 0.25) is 5.88 Å². The zero-order valence-corrected chi connectivity index (χ0v) is 26.8. The molecule has 2 fully saturated rings. The number of fused-ring (bicyclic) bond motifs is 2. The monoisotopic (exact) mass is 619 g/mol. The Labute approximate surface area is 269 Å². The number of carbonyl (C=O) groups is 1. The zero-order chi connectivity index (χ0) is 31.7. The summed E-state index contributed by atoms with van der Waals surface area (Å²) in [6.45, 7) is 10.2. The summed E-state index contributed by atoms with van der Waals surface area (Å²) in [6, 6.07) is 21.9. The van der Waals surface area contributed by atoms with Crippen LogP contribution in [0, 0.1) is 0 Å². The number of ether oxygens (including phenoxy) is 3. The number of piperidine rings is 1. The number of benzene rings is 2. The highest BCUT2D eigenvalue weighted by Gasteiger charge is 2.27. The maximum Gasteiger partial charge on any atom is 0.338 e. The van der Waals surface area contributed by atoms with E-state index in [-0.39, 0.29) is 12.1 Å². The predicted octanol–water partition coefficient (Wildman–Crippen LogP) is 6.68. The molecule has 0 amide bonds. The lowest BCUT2D eigenvalue weighted by molar-refractivity contribution is -0.0592. The first kappa shape index (κ1) is 30.3. The molecule has 2 saturated heterocycles. The van der Waals surface area contributed by atoms with E-state index in [4.69, 9.17) is 24.2 Å². The number of rotatable bonds is 9. The lowest BCUT2D eigenvalue weighted by Gasteiger charge is -2.32. The van der Waals surface area contributed by atoms with Crippen LogP contribution in [0.5, 0.6) is 5.88 Å². The van der Waals surface area contributed by atoms with Gasteiger partial charge in [-0.1, -0.05) is 30.3 Å². The molecular formula is C37H41N5O4. The normalized spacial score (nSPS) is 17.7. The molecule has 9 nitrogen and oxygen atoms in total. The minimum absolute atomic E-state index is 0.171. The number of carbonyl (C=O) groups excluding carboxylic acids is 1. The molecule has 0 N–H and O–H groups in total. The first-order valence-electron chi connectivity index (χ1n) is 16.3. The smallest absolute Gasteiger partial charge is 0.338 e. The van der Waals surface area contributed by atoms with Crippen molar-refractivity contribution < 1.29 is 19.0 Å². The fraction of sp³-hybridized carbons (Fsp3) is 0.405. The maximum atomic E-state index is 12.8. The second-order valence-electron chi connectivity index (χ2n) is 13.4. The van der Waals surface area contributed by atoms with Crippen LogP contribution in [0.25, 0.3) is 21.9 Å². The van der Waals surface area contributed by atoms with E-state index >= 15 is 0 Å². The van der Waals surface area contributed by atoms with Gasteiger partial charge in [0, 0.05) is 41.4 Å². The summed E-state index contributed by atoms with van der Waals surface area (Å²) in [5, 5.41) is 1.11. The van der Waals surface area contributed by atoms with E-state index in [1.807, 2.05) is 69.4 Å². The third-order valence-corrected chi connectivity index (χ3v) is 8.85. The quantitative estimate of drug-likeness (QED) is 0.169. The molecule has 2 aromatic carbocycles. The average Bonchev–Trinajstić information content (AvgIpc) is 3.37. The lowest BCUT2D eigenvalue weighted by Crippen LogP contribution is -2.35. The summed E-state index contributed by atoms with van der Waals surface area (Å²) in [5.41, 5.74) is 4.92. The molecule has 2 aliphatic heterocycles. The van der Waals surface area contributed by atoms with Crippen molar-refractivity contribution in [3.63, 3.8) is 0 Å². The molecule has 1 atom stereocenters. The fourth-order valence-electron chi connectivity index (χ4n) is 6.35. The van der Waals surface area contributed by atoms with Gasteiger partial charge in [-0.05, 0) is 83.5 Å². The zero-order valence-electron chi connectivity index (χ0n) is 26.8. The molecule has 5 heterocycles. The van der Waals surface area contributed by atoms with E-state index in [1.165, 1.54) is 0 Å². The molecule has 0 aliphatic carbocycles. The van der Waals surface area contributed by atoms with Crippen LogP contribution in [0.2, 0.25) is 0 Å². The minimum Gasteiger partial charge on any atom is -0.473 e. The average molecular weight is 620 g/mol. The van der Waals surface area contributed by atoms with Gasteiger partial charge in [-0.2, -0.15) is 0 Å². The number of esters is 1. The highest BCUT2D eigenvalue weighted by atomic mass is 16.6. The van der Waals surface area contributed by atoms with Crippen LogP contribution in [0.3, 0.4) is 0 Å². The fourth-order valence-corrected chi connectivity index (χ4v) is 6.35. The Hall–Kier alpha value is -4.34. The van der Waals surface area contributed by atoms with Crippen molar-refractivity contribution in [2.24, 2.45) is 0 Å². The van der Waals surface area contributed by atoms with Gasteiger partial charge in [-0.25, -0.2) is 14.8 Å². The molecule has 0 radical (unpaired) electrons. The molecule has 5 aromatic rings. The highest BCUT2D eigenvalue weighted by molar-refractivity contribution is 5.94. The van der Waals surface area contributed by atoms with Crippen molar-refractivity contribution >= 4 is 27.9 Å². The first-order chi connectivity index (χ1) is 22.3. The highest BCUT2D eigenvalue weighted by Crippen LogP contribution is 2.30. The van der Waals surface area contributed by atoms with Crippen LogP contribution < -0.4 is 4.74 Å². The van der Waals surface area contributed by atoms with Gasteiger partial charge in [-0.3, -0.25) is 9.88 Å². The Morgan fingerprint density at radius 2 is 1.78 bits per heavy atom. The Morgan fingerprint density at radius 3 is 2.57 bits per heavy atom. The van der Waals surface area contributed by atoms with Gasteiger partial charge in [0.1, 0.15) is 18.0 Å². The van der Waals surface area contributed by atoms with E-state index < -0.39 is 5.60 Å². The van der Waals surface area contributed by atoms with Gasteiger partial charge >= 0.3 is 5.97 Å². The summed E-state index contributed by atoms with van der Waals surface area (Å²) < 4.78 is 19.8. The van der Waals surface area contributed by atoms with E-state index in [2.05, 4.69) is 38.7 Å². The van der Waals surface area contributed by atoms with Gasteiger partial charge in [0.25, 0.3) is 0 Å². The molecule has 46 heavy (non-hydrogen) atoms. The standard InChI is InChI=1S/C37H41N5O4/c1-37(2,3)46-36(43)27-12-13-31-32(21-27)42(22-29-16-20-44-29)33(39-31)23-41-18-14-25(15-19-41)30-10-5-11-34(40-30)45-24-28-8-4-7-26-9-6-17-38-35(26)28/h4-13,17,21,25,29H,14-16,18-20,22-24H2,1-3H3. The van der Waals surface area contributed by atoms with Crippen LogP contribution in [0.1, 0.15) is 73.4 Å². The first-order valence-corrected chi connectivity index (χ1v) is 16.3. The van der Waals surface area contributed by atoms with Crippen LogP contribution in [0.4, 0.5) is 0 Å². The van der Waals surface area contributed by atoms with Gasteiger partial charge < -0.3 is 18.8 Å². The third-order valence-electron chi connectivity index (χ3n) is 8.85. The molecule has 0 bridgehead atoms. The number of likely N-dealkylation sites (tertiary alicyclic amines) is 1. The number of hydrogen-bond acceptors (Lipinski definition) is 8. The molecule has 1 unspecified atom stereocenters. The maximum absolute atomic E-state index is 12.8. The van der Waals surface area contributed by atoms with Crippen molar-refractivity contribution in [2.45, 2.75) is 77.4 Å². The SMILES string of the molecule is CC(C)(C)OC(=O)c1ccc2nc(CN3CCC(c4cccc(OCc5cccc6cccnc56)n4)CC3)n(CC3CCO3)c2c1. The topological polar surface area (TPSA) is 91.6 Å². The van der Waals surface area contributed by atoms with Crippen molar-refractivity contribution in [2.75, 3.05) is 19.7 Å². The van der Waals surface area contributed by atoms with E-state index in [9.17, 15) is 4.79 Å². The van der Waals surface area contributed by atoms with Crippen LogP contribution in [-0.4, -0.2) is 61.8 Å². The second kappa shape index (κ2) is 12.8. The molecule has 3 aromatic heterocycles. The summed E-state index contributed by atoms with van der Waals surface area (Å²) >= 11 is 0. The van der Waals surface area contributed by atoms with Crippen molar-refractivity contribution in [1.82, 2.24) is 24.4 Å². The van der Waals surface area contributed by atoms with E-state index in [0.29, 0.717) is 24.0 Å². The summed E-state index contributed by atoms with van der Waals surface area (Å²) in [7, 11) is 0. The molecule has 238 valence electrons. The number of hydrogen-bond donors (Lipinski definition) is 0. The minimum atomic E-state index is -0.553. The number of imidazole rings is 1. The van der Waals surface area contributed by atoms with Crippen LogP contribution >= 0.6 is 0 Å². The van der Waals surface area contributed by atoms with E-state index in [1.54, 1.807) is 0 Å². The molecule has 2 aliphatic rings. The lowest BCUT2D eigenvalue weighted by atomic mass is 9.93. The molecule has 0 spiro atoms. The number of aromatic nitrogens is 4. The molecule has 0 saturated carbocycles. The molecular weight excluding hydrogens is 578 g/mol. The Morgan fingerprint density at radius 1 is 0.978 bits per heavy atom. The van der Waals surface area contributed by atoms with Crippen molar-refractivity contribution in [3.05, 3.63) is 95.6 Å². The largest absolute Gasteiger partial charge is 0.473 e. The molecule has 7 rings (SSSR count). The van der Waals surface area contributed by atoms with Gasteiger partial charge in [-0.15, -0.1) is 0 Å². The van der Waals surface area contributed by atoms with E-state index in [0.717, 1.165) is 91.1 Å². The van der Waals surface area contributed by atoms with Crippen molar-refractivity contribution in [3.8, 4) is 5.88 Å². The van der Waals surface area contributed by atoms with Crippen LogP contribution in [-0.2, 0) is 29.2 Å². The van der Waals surface area contributed by atoms with Gasteiger partial charge in [0.15, 0.2) is 0 Å². The van der Waals surface area contributed by atoms with Gasteiger partial charge in [0.05, 0.1) is 41.3 Å². The Kier molecular flexibility index (Phi) is 8.44. The molecule has 9 heteroatoms. The summed E-state index contributed by atoms with van der Waals surface area (Å²) in [4.78, 5) is 29.8. The Bertz CT molecular complexity index is 1850. The number of nitrogens with zero attached hydrogens (tertiary/aromatic N) is 5.